The summed E-state index contributed by atoms with van der Waals surface area (Å²) in [4.78, 5) is 14.4. The molecule has 0 unspecified atom stereocenters. The Kier molecular flexibility index (Phi) is 5.39. The molecule has 1 heterocycles. The molecule has 2 aromatic rings. The van der Waals surface area contributed by atoms with Crippen LogP contribution in [-0.4, -0.2) is 18.5 Å². The molecule has 2 rings (SSSR count). The Balaban J connectivity index is 1.99. The van der Waals surface area contributed by atoms with Crippen LogP contribution in [0.15, 0.2) is 41.1 Å². The van der Waals surface area contributed by atoms with Gasteiger partial charge in [-0.3, -0.25) is 4.79 Å². The minimum atomic E-state index is -0.0275. The third kappa shape index (κ3) is 4.08. The maximum atomic E-state index is 12.1. The number of carbonyl (C=O) groups is 1. The molecule has 0 aliphatic heterocycles. The molecule has 0 aliphatic carbocycles. The fraction of sp³-hybridized carbons (Fsp3) is 0.353. The molecule has 1 amide bonds. The van der Waals surface area contributed by atoms with Gasteiger partial charge in [0, 0.05) is 30.4 Å². The van der Waals surface area contributed by atoms with Gasteiger partial charge in [0.25, 0.3) is 5.91 Å². The molecule has 0 radical (unpaired) electrons. The van der Waals surface area contributed by atoms with E-state index in [9.17, 15) is 4.79 Å². The summed E-state index contributed by atoms with van der Waals surface area (Å²) < 4.78 is 0. The number of benzene rings is 1. The predicted molar refractivity (Wildman–Crippen MR) is 90.1 cm³/mol. The van der Waals surface area contributed by atoms with Gasteiger partial charge >= 0.3 is 0 Å². The second-order valence-electron chi connectivity index (χ2n) is 5.24. The summed E-state index contributed by atoms with van der Waals surface area (Å²) >= 11 is 1.64. The zero-order valence-electron chi connectivity index (χ0n) is 12.8. The second kappa shape index (κ2) is 7.27. The highest BCUT2D eigenvalue weighted by Crippen LogP contribution is 2.17. The topological polar surface area (TPSA) is 32.3 Å². The molecule has 1 aromatic carbocycles. The van der Waals surface area contributed by atoms with E-state index in [-0.39, 0.29) is 5.91 Å². The fourth-order valence-electron chi connectivity index (χ4n) is 2.33. The number of anilines is 1. The van der Waals surface area contributed by atoms with Gasteiger partial charge in [0.1, 0.15) is 0 Å². The largest absolute Gasteiger partial charge is 0.369 e. The third-order valence-corrected chi connectivity index (χ3v) is 4.19. The minimum absolute atomic E-state index is 0.0275. The first-order valence-corrected chi connectivity index (χ1v) is 8.22. The molecule has 0 atom stereocenters. The van der Waals surface area contributed by atoms with Crippen molar-refractivity contribution in [3.8, 4) is 0 Å². The van der Waals surface area contributed by atoms with Crippen molar-refractivity contribution >= 4 is 22.9 Å². The molecule has 0 bridgehead atoms. The number of nitrogens with zero attached hydrogens (tertiary/aromatic N) is 1. The molecule has 1 aromatic heterocycles. The van der Waals surface area contributed by atoms with Gasteiger partial charge in [-0.25, -0.2) is 0 Å². The number of hydrogen-bond donors (Lipinski definition) is 1. The van der Waals surface area contributed by atoms with Gasteiger partial charge in [0.2, 0.25) is 0 Å². The maximum Gasteiger partial charge on any atom is 0.251 e. The van der Waals surface area contributed by atoms with Crippen LogP contribution >= 0.6 is 11.3 Å². The highest BCUT2D eigenvalue weighted by atomic mass is 32.1. The summed E-state index contributed by atoms with van der Waals surface area (Å²) in [7, 11) is 0. The van der Waals surface area contributed by atoms with E-state index in [0.717, 1.165) is 17.8 Å². The van der Waals surface area contributed by atoms with E-state index in [4.69, 9.17) is 0 Å². The van der Waals surface area contributed by atoms with Crippen LogP contribution in [0.2, 0.25) is 0 Å². The molecule has 0 saturated heterocycles. The minimum Gasteiger partial charge on any atom is -0.369 e. The average Bonchev–Trinajstić information content (AvgIpc) is 2.99. The Bertz CT molecular complexity index is 561. The fourth-order valence-corrected chi connectivity index (χ4v) is 3.00. The second-order valence-corrected chi connectivity index (χ2v) is 6.02. The van der Waals surface area contributed by atoms with E-state index in [1.54, 1.807) is 11.3 Å². The lowest BCUT2D eigenvalue weighted by Crippen LogP contribution is -2.30. The normalized spacial score (nSPS) is 10.7. The van der Waals surface area contributed by atoms with Crippen molar-refractivity contribution in [3.63, 3.8) is 0 Å². The molecular weight excluding hydrogens is 280 g/mol. The van der Waals surface area contributed by atoms with E-state index in [1.165, 1.54) is 0 Å². The Morgan fingerprint density at radius 3 is 2.48 bits per heavy atom. The van der Waals surface area contributed by atoms with Crippen LogP contribution in [0.4, 0.5) is 5.69 Å². The number of hydrogen-bond acceptors (Lipinski definition) is 3. The number of rotatable bonds is 6. The monoisotopic (exact) mass is 302 g/mol. The van der Waals surface area contributed by atoms with Crippen LogP contribution < -0.4 is 10.2 Å². The van der Waals surface area contributed by atoms with E-state index in [2.05, 4.69) is 31.0 Å². The van der Waals surface area contributed by atoms with E-state index in [0.29, 0.717) is 18.2 Å². The molecule has 1 N–H and O–H groups in total. The number of carbonyl (C=O) groups excluding carboxylic acids is 1. The van der Waals surface area contributed by atoms with Gasteiger partial charge in [-0.2, -0.15) is 11.3 Å². The predicted octanol–water partition coefficient (Wildman–Crippen LogP) is 3.91. The Morgan fingerprint density at radius 2 is 1.95 bits per heavy atom. The van der Waals surface area contributed by atoms with E-state index >= 15 is 0 Å². The van der Waals surface area contributed by atoms with Gasteiger partial charge in [-0.05, 0) is 67.4 Å². The van der Waals surface area contributed by atoms with Crippen molar-refractivity contribution in [1.82, 2.24) is 5.32 Å². The number of thiophene rings is 1. The SMILES string of the molecule is CCN(c1ccc(C(=O)NCc2ccsc2)cc1)C(C)C. The van der Waals surface area contributed by atoms with Gasteiger partial charge in [0.05, 0.1) is 0 Å². The Labute approximate surface area is 130 Å². The van der Waals surface area contributed by atoms with Crippen LogP contribution in [0.1, 0.15) is 36.7 Å². The summed E-state index contributed by atoms with van der Waals surface area (Å²) in [6, 6.07) is 10.3. The standard InChI is InChI=1S/C17H22N2OS/c1-4-19(13(2)3)16-7-5-15(6-8-16)17(20)18-11-14-9-10-21-12-14/h5-10,12-13H,4,11H2,1-3H3,(H,18,20). The van der Waals surface area contributed by atoms with Crippen molar-refractivity contribution in [3.05, 3.63) is 52.2 Å². The quantitative estimate of drug-likeness (QED) is 0.877. The van der Waals surface area contributed by atoms with Crippen molar-refractivity contribution in [2.45, 2.75) is 33.4 Å². The van der Waals surface area contributed by atoms with E-state index < -0.39 is 0 Å². The summed E-state index contributed by atoms with van der Waals surface area (Å²) in [5.41, 5.74) is 3.00. The molecule has 0 saturated carbocycles. The van der Waals surface area contributed by atoms with Crippen LogP contribution in [-0.2, 0) is 6.54 Å². The Hall–Kier alpha value is -1.81. The van der Waals surface area contributed by atoms with Crippen molar-refractivity contribution in [2.75, 3.05) is 11.4 Å². The van der Waals surface area contributed by atoms with Gasteiger partial charge in [-0.1, -0.05) is 0 Å². The smallest absolute Gasteiger partial charge is 0.251 e. The first kappa shape index (κ1) is 15.6. The van der Waals surface area contributed by atoms with Gasteiger partial charge in [-0.15, -0.1) is 0 Å². The van der Waals surface area contributed by atoms with Crippen LogP contribution in [0.3, 0.4) is 0 Å². The molecule has 0 spiro atoms. The number of amides is 1. The molecule has 4 heteroatoms. The zero-order valence-corrected chi connectivity index (χ0v) is 13.6. The molecule has 0 aliphatic rings. The van der Waals surface area contributed by atoms with Gasteiger partial charge in [0.15, 0.2) is 0 Å². The summed E-state index contributed by atoms with van der Waals surface area (Å²) in [5, 5.41) is 7.00. The molecule has 3 nitrogen and oxygen atoms in total. The average molecular weight is 302 g/mol. The molecule has 0 fully saturated rings. The molecule has 21 heavy (non-hydrogen) atoms. The van der Waals surface area contributed by atoms with Crippen LogP contribution in [0.25, 0.3) is 0 Å². The van der Waals surface area contributed by atoms with Crippen LogP contribution in [0.5, 0.6) is 0 Å². The third-order valence-electron chi connectivity index (χ3n) is 3.46. The van der Waals surface area contributed by atoms with Crippen molar-refractivity contribution in [1.29, 1.82) is 0 Å². The highest BCUT2D eigenvalue weighted by Gasteiger charge is 2.10. The van der Waals surface area contributed by atoms with Crippen LogP contribution in [0, 0.1) is 0 Å². The summed E-state index contributed by atoms with van der Waals surface area (Å²) in [6.07, 6.45) is 0. The summed E-state index contributed by atoms with van der Waals surface area (Å²) in [6.45, 7) is 8.02. The van der Waals surface area contributed by atoms with Crippen molar-refractivity contribution < 1.29 is 4.79 Å². The Morgan fingerprint density at radius 1 is 1.24 bits per heavy atom. The van der Waals surface area contributed by atoms with Gasteiger partial charge < -0.3 is 10.2 Å². The highest BCUT2D eigenvalue weighted by molar-refractivity contribution is 7.07. The molecule has 112 valence electrons. The summed E-state index contributed by atoms with van der Waals surface area (Å²) in [5.74, 6) is -0.0275. The number of nitrogens with one attached hydrogen (secondary N) is 1. The molecular formula is C17H22N2OS. The maximum absolute atomic E-state index is 12.1. The zero-order chi connectivity index (χ0) is 15.2. The van der Waals surface area contributed by atoms with E-state index in [1.807, 2.05) is 41.1 Å². The first-order chi connectivity index (χ1) is 10.1. The lowest BCUT2D eigenvalue weighted by atomic mass is 10.1. The van der Waals surface area contributed by atoms with Crippen molar-refractivity contribution in [2.24, 2.45) is 0 Å². The first-order valence-electron chi connectivity index (χ1n) is 7.27. The lowest BCUT2D eigenvalue weighted by Gasteiger charge is -2.27. The lowest BCUT2D eigenvalue weighted by molar-refractivity contribution is 0.0951.